The highest BCUT2D eigenvalue weighted by Gasteiger charge is 2.36. The molecule has 1 saturated heterocycles. The molecule has 0 bridgehead atoms. The standard InChI is InChI=1S/C13H19NO5/c15-11-5-10(13(18)19)7-14(11)6-8-1-3-9(4-2-8)12(16)17/h8-10H,1-7H2,(H,16,17)(H,18,19). The van der Waals surface area contributed by atoms with Gasteiger partial charge in [-0.2, -0.15) is 0 Å². The van der Waals surface area contributed by atoms with Gasteiger partial charge in [-0.15, -0.1) is 0 Å². The second-order valence-corrected chi connectivity index (χ2v) is 5.59. The van der Waals surface area contributed by atoms with Gasteiger partial charge >= 0.3 is 11.9 Å². The number of nitrogens with zero attached hydrogens (tertiary/aromatic N) is 1. The summed E-state index contributed by atoms with van der Waals surface area (Å²) >= 11 is 0. The van der Waals surface area contributed by atoms with Crippen molar-refractivity contribution in [2.45, 2.75) is 32.1 Å². The Morgan fingerprint density at radius 1 is 1.05 bits per heavy atom. The highest BCUT2D eigenvalue weighted by Crippen LogP contribution is 2.31. The van der Waals surface area contributed by atoms with Crippen molar-refractivity contribution in [3.8, 4) is 0 Å². The molecule has 2 fully saturated rings. The quantitative estimate of drug-likeness (QED) is 0.787. The van der Waals surface area contributed by atoms with E-state index in [0.29, 0.717) is 31.8 Å². The number of carboxylic acid groups (broad SMARTS) is 2. The zero-order valence-corrected chi connectivity index (χ0v) is 10.7. The first kappa shape index (κ1) is 13.8. The third-order valence-corrected chi connectivity index (χ3v) is 4.24. The summed E-state index contributed by atoms with van der Waals surface area (Å²) in [5, 5.41) is 17.8. The third-order valence-electron chi connectivity index (χ3n) is 4.24. The zero-order chi connectivity index (χ0) is 14.0. The fraction of sp³-hybridized carbons (Fsp3) is 0.769. The minimum absolute atomic E-state index is 0.0900. The van der Waals surface area contributed by atoms with E-state index in [1.54, 1.807) is 4.90 Å². The molecule has 1 atom stereocenters. The summed E-state index contributed by atoms with van der Waals surface area (Å²) in [7, 11) is 0. The molecule has 6 heteroatoms. The number of aliphatic carboxylic acids is 2. The monoisotopic (exact) mass is 269 g/mol. The van der Waals surface area contributed by atoms with Crippen molar-refractivity contribution in [2.75, 3.05) is 13.1 Å². The molecule has 1 aliphatic heterocycles. The molecule has 2 rings (SSSR count). The molecule has 0 aromatic heterocycles. The Labute approximate surface area is 111 Å². The third kappa shape index (κ3) is 3.24. The lowest BCUT2D eigenvalue weighted by molar-refractivity contribution is -0.143. The summed E-state index contributed by atoms with van der Waals surface area (Å²) in [4.78, 5) is 35.0. The minimum atomic E-state index is -0.912. The molecule has 6 nitrogen and oxygen atoms in total. The number of carbonyl (C=O) groups is 3. The van der Waals surface area contributed by atoms with Crippen molar-refractivity contribution in [2.24, 2.45) is 17.8 Å². The van der Waals surface area contributed by atoms with Gasteiger partial charge in [-0.05, 0) is 31.6 Å². The van der Waals surface area contributed by atoms with Crippen LogP contribution in [-0.4, -0.2) is 46.0 Å². The van der Waals surface area contributed by atoms with Gasteiger partial charge in [0, 0.05) is 19.5 Å². The van der Waals surface area contributed by atoms with Crippen molar-refractivity contribution < 1.29 is 24.6 Å². The van der Waals surface area contributed by atoms with Crippen LogP contribution >= 0.6 is 0 Å². The summed E-state index contributed by atoms with van der Waals surface area (Å²) in [6.45, 7) is 0.877. The molecule has 0 aromatic rings. The summed E-state index contributed by atoms with van der Waals surface area (Å²) in [5.41, 5.74) is 0. The highest BCUT2D eigenvalue weighted by molar-refractivity contribution is 5.86. The average Bonchev–Trinajstić information content (AvgIpc) is 2.72. The van der Waals surface area contributed by atoms with Gasteiger partial charge in [-0.1, -0.05) is 0 Å². The van der Waals surface area contributed by atoms with Gasteiger partial charge < -0.3 is 15.1 Å². The molecule has 1 amide bonds. The van der Waals surface area contributed by atoms with E-state index in [9.17, 15) is 14.4 Å². The Kier molecular flexibility index (Phi) is 4.07. The molecular weight excluding hydrogens is 250 g/mol. The van der Waals surface area contributed by atoms with E-state index >= 15 is 0 Å². The van der Waals surface area contributed by atoms with E-state index in [4.69, 9.17) is 10.2 Å². The van der Waals surface area contributed by atoms with Gasteiger partial charge in [0.05, 0.1) is 11.8 Å². The summed E-state index contributed by atoms with van der Waals surface area (Å²) < 4.78 is 0. The summed E-state index contributed by atoms with van der Waals surface area (Å²) in [5.74, 6) is -2.26. The Hall–Kier alpha value is -1.59. The van der Waals surface area contributed by atoms with E-state index in [1.165, 1.54) is 0 Å². The predicted octanol–water partition coefficient (Wildman–Crippen LogP) is 0.810. The Morgan fingerprint density at radius 2 is 1.63 bits per heavy atom. The molecule has 106 valence electrons. The van der Waals surface area contributed by atoms with Gasteiger partial charge in [0.15, 0.2) is 0 Å². The van der Waals surface area contributed by atoms with E-state index < -0.39 is 17.9 Å². The maximum absolute atomic E-state index is 11.7. The molecule has 1 unspecified atom stereocenters. The second-order valence-electron chi connectivity index (χ2n) is 5.59. The number of carbonyl (C=O) groups excluding carboxylic acids is 1. The molecule has 2 N–H and O–H groups in total. The number of carboxylic acids is 2. The average molecular weight is 269 g/mol. The number of hydrogen-bond donors (Lipinski definition) is 2. The van der Waals surface area contributed by atoms with Crippen LogP contribution in [0.2, 0.25) is 0 Å². The maximum atomic E-state index is 11.7. The number of rotatable bonds is 4. The number of hydrogen-bond acceptors (Lipinski definition) is 3. The zero-order valence-electron chi connectivity index (χ0n) is 10.7. The molecule has 0 aromatic carbocycles. The summed E-state index contributed by atoms with van der Waals surface area (Å²) in [6.07, 6.45) is 3.02. The van der Waals surface area contributed by atoms with Crippen LogP contribution in [0, 0.1) is 17.8 Å². The largest absolute Gasteiger partial charge is 0.481 e. The predicted molar refractivity (Wildman–Crippen MR) is 65.4 cm³/mol. The van der Waals surface area contributed by atoms with Crippen LogP contribution in [-0.2, 0) is 14.4 Å². The molecule has 19 heavy (non-hydrogen) atoms. The van der Waals surface area contributed by atoms with E-state index in [0.717, 1.165) is 12.8 Å². The minimum Gasteiger partial charge on any atom is -0.481 e. The Bertz CT molecular complexity index is 386. The number of likely N-dealkylation sites (tertiary alicyclic amines) is 1. The van der Waals surface area contributed by atoms with Gasteiger partial charge in [0.2, 0.25) is 5.91 Å². The maximum Gasteiger partial charge on any atom is 0.308 e. The Morgan fingerprint density at radius 3 is 2.11 bits per heavy atom. The number of amides is 1. The topological polar surface area (TPSA) is 94.9 Å². The van der Waals surface area contributed by atoms with Gasteiger partial charge in [-0.3, -0.25) is 14.4 Å². The van der Waals surface area contributed by atoms with Crippen LogP contribution in [0.25, 0.3) is 0 Å². The molecular formula is C13H19NO5. The lowest BCUT2D eigenvalue weighted by Crippen LogP contribution is -2.34. The fourth-order valence-corrected chi connectivity index (χ4v) is 3.02. The van der Waals surface area contributed by atoms with Crippen molar-refractivity contribution in [3.63, 3.8) is 0 Å². The molecule has 2 aliphatic rings. The molecule has 0 spiro atoms. The van der Waals surface area contributed by atoms with Crippen molar-refractivity contribution >= 4 is 17.8 Å². The van der Waals surface area contributed by atoms with Crippen LogP contribution in [0.5, 0.6) is 0 Å². The molecule has 1 saturated carbocycles. The molecule has 1 aliphatic carbocycles. The van der Waals surface area contributed by atoms with Crippen molar-refractivity contribution in [3.05, 3.63) is 0 Å². The first-order valence-electron chi connectivity index (χ1n) is 6.70. The summed E-state index contributed by atoms with van der Waals surface area (Å²) in [6, 6.07) is 0. The normalized spacial score (nSPS) is 31.5. The van der Waals surface area contributed by atoms with Gasteiger partial charge in [0.25, 0.3) is 0 Å². The van der Waals surface area contributed by atoms with Crippen LogP contribution in [0.4, 0.5) is 0 Å². The van der Waals surface area contributed by atoms with Gasteiger partial charge in [-0.25, -0.2) is 0 Å². The van der Waals surface area contributed by atoms with Crippen LogP contribution in [0.3, 0.4) is 0 Å². The lowest BCUT2D eigenvalue weighted by atomic mass is 9.82. The second kappa shape index (κ2) is 5.59. The van der Waals surface area contributed by atoms with Gasteiger partial charge in [0.1, 0.15) is 0 Å². The first-order valence-corrected chi connectivity index (χ1v) is 6.70. The van der Waals surface area contributed by atoms with Crippen molar-refractivity contribution in [1.82, 2.24) is 4.90 Å². The lowest BCUT2D eigenvalue weighted by Gasteiger charge is -2.29. The van der Waals surface area contributed by atoms with Crippen LogP contribution in [0.15, 0.2) is 0 Å². The SMILES string of the molecule is O=C(O)C1CCC(CN2CC(C(=O)O)CC2=O)CC1. The van der Waals surface area contributed by atoms with E-state index in [2.05, 4.69) is 0 Å². The van der Waals surface area contributed by atoms with Crippen LogP contribution < -0.4 is 0 Å². The molecule has 1 heterocycles. The first-order chi connectivity index (χ1) is 8.97. The smallest absolute Gasteiger partial charge is 0.308 e. The van der Waals surface area contributed by atoms with Crippen LogP contribution in [0.1, 0.15) is 32.1 Å². The van der Waals surface area contributed by atoms with E-state index in [-0.39, 0.29) is 18.2 Å². The van der Waals surface area contributed by atoms with Crippen molar-refractivity contribution in [1.29, 1.82) is 0 Å². The Balaban J connectivity index is 1.81. The highest BCUT2D eigenvalue weighted by atomic mass is 16.4. The fourth-order valence-electron chi connectivity index (χ4n) is 3.02. The van der Waals surface area contributed by atoms with E-state index in [1.807, 2.05) is 0 Å². The molecule has 0 radical (unpaired) electrons.